The first-order valence-electron chi connectivity index (χ1n) is 7.89. The molecule has 0 aromatic heterocycles. The molecule has 0 amide bonds. The predicted octanol–water partition coefficient (Wildman–Crippen LogP) is 4.21. The topological polar surface area (TPSA) is 40.5 Å². The number of rotatable bonds is 5. The summed E-state index contributed by atoms with van der Waals surface area (Å²) in [6, 6.07) is 15.8. The number of carbonyl (C=O) groups is 1. The minimum Gasteiger partial charge on any atom is -0.478 e. The molecule has 1 aliphatic heterocycles. The fraction of sp³-hybridized carbons (Fsp3) is 0.316. The van der Waals surface area contributed by atoms with Crippen molar-refractivity contribution in [3.05, 3.63) is 69.7 Å². The highest BCUT2D eigenvalue weighted by Crippen LogP contribution is 2.23. The maximum atomic E-state index is 10.9. The molecule has 0 bridgehead atoms. The van der Waals surface area contributed by atoms with Crippen LogP contribution in [-0.4, -0.2) is 29.1 Å². The van der Waals surface area contributed by atoms with Crippen LogP contribution in [0.3, 0.4) is 0 Å². The lowest BCUT2D eigenvalue weighted by atomic mass is 9.99. The Hall–Kier alpha value is -1.65. The molecular formula is C19H20BrNO2. The van der Waals surface area contributed by atoms with Crippen LogP contribution in [0.15, 0.2) is 53.0 Å². The predicted molar refractivity (Wildman–Crippen MR) is 94.6 cm³/mol. The number of carboxylic acid groups (broad SMARTS) is 1. The first-order chi connectivity index (χ1) is 11.1. The van der Waals surface area contributed by atoms with Crippen molar-refractivity contribution in [2.75, 3.05) is 13.1 Å². The molecule has 1 unspecified atom stereocenters. The zero-order valence-corrected chi connectivity index (χ0v) is 14.5. The minimum absolute atomic E-state index is 0.350. The number of benzene rings is 2. The van der Waals surface area contributed by atoms with Crippen molar-refractivity contribution >= 4 is 21.9 Å². The normalized spacial score (nSPS) is 18.2. The molecule has 3 nitrogen and oxygen atoms in total. The van der Waals surface area contributed by atoms with E-state index in [0.717, 1.165) is 30.5 Å². The van der Waals surface area contributed by atoms with Gasteiger partial charge in [-0.2, -0.15) is 0 Å². The van der Waals surface area contributed by atoms with Crippen LogP contribution >= 0.6 is 15.9 Å². The summed E-state index contributed by atoms with van der Waals surface area (Å²) < 4.78 is 1.12. The van der Waals surface area contributed by atoms with E-state index in [2.05, 4.69) is 45.1 Å². The van der Waals surface area contributed by atoms with Gasteiger partial charge in [-0.25, -0.2) is 4.79 Å². The molecule has 1 fully saturated rings. The Kier molecular flexibility index (Phi) is 5.13. The van der Waals surface area contributed by atoms with Crippen molar-refractivity contribution in [1.82, 2.24) is 4.90 Å². The number of aromatic carboxylic acids is 1. The number of carboxylic acids is 1. The third kappa shape index (κ3) is 4.43. The van der Waals surface area contributed by atoms with Crippen LogP contribution in [0.4, 0.5) is 0 Å². The Morgan fingerprint density at radius 3 is 2.39 bits per heavy atom. The molecule has 0 aliphatic carbocycles. The highest BCUT2D eigenvalue weighted by Gasteiger charge is 2.22. The van der Waals surface area contributed by atoms with E-state index in [-0.39, 0.29) is 0 Å². The molecule has 1 atom stereocenters. The number of nitrogens with zero attached hydrogens (tertiary/aromatic N) is 1. The molecule has 4 heteroatoms. The molecule has 23 heavy (non-hydrogen) atoms. The SMILES string of the molecule is O=C(O)c1ccc(CN2CCC(Cc3ccc(Br)cc3)C2)cc1. The first-order valence-corrected chi connectivity index (χ1v) is 8.68. The van der Waals surface area contributed by atoms with E-state index in [0.29, 0.717) is 11.5 Å². The van der Waals surface area contributed by atoms with Crippen LogP contribution in [0, 0.1) is 5.92 Å². The van der Waals surface area contributed by atoms with E-state index in [1.54, 1.807) is 12.1 Å². The molecule has 1 N–H and O–H groups in total. The maximum absolute atomic E-state index is 10.9. The highest BCUT2D eigenvalue weighted by atomic mass is 79.9. The lowest BCUT2D eigenvalue weighted by molar-refractivity contribution is 0.0697. The third-order valence-electron chi connectivity index (χ3n) is 4.41. The number of hydrogen-bond donors (Lipinski definition) is 1. The van der Waals surface area contributed by atoms with Gasteiger partial charge in [0.25, 0.3) is 0 Å². The molecular weight excluding hydrogens is 354 g/mol. The monoisotopic (exact) mass is 373 g/mol. The lowest BCUT2D eigenvalue weighted by Crippen LogP contribution is -2.20. The van der Waals surface area contributed by atoms with Crippen LogP contribution in [0.5, 0.6) is 0 Å². The second kappa shape index (κ2) is 7.28. The third-order valence-corrected chi connectivity index (χ3v) is 4.94. The standard InChI is InChI=1S/C19H20BrNO2/c20-18-7-3-14(4-8-18)11-16-9-10-21(13-16)12-15-1-5-17(6-2-15)19(22)23/h1-8,16H,9-13H2,(H,22,23). The molecule has 3 rings (SSSR count). The van der Waals surface area contributed by atoms with Crippen LogP contribution in [0.1, 0.15) is 27.9 Å². The van der Waals surface area contributed by atoms with Crippen molar-refractivity contribution in [3.63, 3.8) is 0 Å². The smallest absolute Gasteiger partial charge is 0.335 e. The summed E-state index contributed by atoms with van der Waals surface area (Å²) in [5.41, 5.74) is 2.92. The van der Waals surface area contributed by atoms with Crippen LogP contribution < -0.4 is 0 Å². The summed E-state index contributed by atoms with van der Waals surface area (Å²) in [6.07, 6.45) is 2.35. The molecule has 1 aliphatic rings. The number of hydrogen-bond acceptors (Lipinski definition) is 2. The molecule has 1 saturated heterocycles. The van der Waals surface area contributed by atoms with Crippen molar-refractivity contribution in [2.24, 2.45) is 5.92 Å². The molecule has 0 spiro atoms. The van der Waals surface area contributed by atoms with Crippen LogP contribution in [-0.2, 0) is 13.0 Å². The zero-order chi connectivity index (χ0) is 16.2. The van der Waals surface area contributed by atoms with Crippen molar-refractivity contribution < 1.29 is 9.90 Å². The fourth-order valence-electron chi connectivity index (χ4n) is 3.19. The molecule has 0 saturated carbocycles. The largest absolute Gasteiger partial charge is 0.478 e. The molecule has 120 valence electrons. The Labute approximate surface area is 145 Å². The first kappa shape index (κ1) is 16.2. The van der Waals surface area contributed by atoms with Crippen molar-refractivity contribution in [2.45, 2.75) is 19.4 Å². The Morgan fingerprint density at radius 2 is 1.74 bits per heavy atom. The second-order valence-corrected chi connectivity index (χ2v) is 7.14. The minimum atomic E-state index is -0.868. The van der Waals surface area contributed by atoms with Gasteiger partial charge in [0.2, 0.25) is 0 Å². The van der Waals surface area contributed by atoms with E-state index in [4.69, 9.17) is 5.11 Å². The van der Waals surface area contributed by atoms with E-state index in [1.807, 2.05) is 12.1 Å². The second-order valence-electron chi connectivity index (χ2n) is 6.22. The van der Waals surface area contributed by atoms with Gasteiger partial charge >= 0.3 is 5.97 Å². The number of likely N-dealkylation sites (tertiary alicyclic amines) is 1. The molecule has 1 heterocycles. The summed E-state index contributed by atoms with van der Waals surface area (Å²) in [5, 5.41) is 8.94. The quantitative estimate of drug-likeness (QED) is 0.852. The average Bonchev–Trinajstić information content (AvgIpc) is 2.97. The molecule has 2 aromatic carbocycles. The van der Waals surface area contributed by atoms with Crippen LogP contribution in [0.25, 0.3) is 0 Å². The van der Waals surface area contributed by atoms with Gasteiger partial charge in [0.1, 0.15) is 0 Å². The average molecular weight is 374 g/mol. The maximum Gasteiger partial charge on any atom is 0.335 e. The van der Waals surface area contributed by atoms with Gasteiger partial charge in [0.15, 0.2) is 0 Å². The summed E-state index contributed by atoms with van der Waals surface area (Å²) in [4.78, 5) is 13.3. The number of halogens is 1. The van der Waals surface area contributed by atoms with E-state index in [1.165, 1.54) is 17.5 Å². The van der Waals surface area contributed by atoms with Crippen LogP contribution in [0.2, 0.25) is 0 Å². The van der Waals surface area contributed by atoms with Gasteiger partial charge in [-0.15, -0.1) is 0 Å². The lowest BCUT2D eigenvalue weighted by Gasteiger charge is -2.16. The molecule has 2 aromatic rings. The zero-order valence-electron chi connectivity index (χ0n) is 12.9. The summed E-state index contributed by atoms with van der Waals surface area (Å²) in [7, 11) is 0. The van der Waals surface area contributed by atoms with Gasteiger partial charge in [0, 0.05) is 17.6 Å². The highest BCUT2D eigenvalue weighted by molar-refractivity contribution is 9.10. The van der Waals surface area contributed by atoms with Crippen molar-refractivity contribution in [1.29, 1.82) is 0 Å². The van der Waals surface area contributed by atoms with Gasteiger partial charge in [-0.1, -0.05) is 40.2 Å². The summed E-state index contributed by atoms with van der Waals surface area (Å²) in [6.45, 7) is 3.12. The molecule has 0 radical (unpaired) electrons. The van der Waals surface area contributed by atoms with E-state index < -0.39 is 5.97 Å². The van der Waals surface area contributed by atoms with Crippen molar-refractivity contribution in [3.8, 4) is 0 Å². The Bertz CT molecular complexity index is 667. The Balaban J connectivity index is 1.53. The summed E-state index contributed by atoms with van der Waals surface area (Å²) in [5.74, 6) is -0.165. The van der Waals surface area contributed by atoms with Gasteiger partial charge in [0.05, 0.1) is 5.56 Å². The van der Waals surface area contributed by atoms with Gasteiger partial charge < -0.3 is 5.11 Å². The Morgan fingerprint density at radius 1 is 1.09 bits per heavy atom. The van der Waals surface area contributed by atoms with Gasteiger partial charge in [-0.05, 0) is 60.7 Å². The summed E-state index contributed by atoms with van der Waals surface area (Å²) >= 11 is 3.47. The van der Waals surface area contributed by atoms with Gasteiger partial charge in [-0.3, -0.25) is 4.90 Å². The van der Waals surface area contributed by atoms with E-state index >= 15 is 0 Å². The van der Waals surface area contributed by atoms with E-state index in [9.17, 15) is 4.79 Å². The fourth-order valence-corrected chi connectivity index (χ4v) is 3.45.